The van der Waals surface area contributed by atoms with Crippen molar-refractivity contribution >= 4 is 29.1 Å². The summed E-state index contributed by atoms with van der Waals surface area (Å²) in [5.41, 5.74) is 3.04. The minimum Gasteiger partial charge on any atom is -0.442 e. The smallest absolute Gasteiger partial charge is 0.304 e. The molecule has 0 unspecified atom stereocenters. The summed E-state index contributed by atoms with van der Waals surface area (Å²) in [5, 5.41) is 9.28. The Morgan fingerprint density at radius 2 is 2.00 bits per heavy atom. The van der Waals surface area contributed by atoms with Crippen molar-refractivity contribution in [3.63, 3.8) is 0 Å². The fourth-order valence-corrected chi connectivity index (χ4v) is 3.96. The molecule has 0 saturated carbocycles. The van der Waals surface area contributed by atoms with E-state index in [-0.39, 0.29) is 0 Å². The van der Waals surface area contributed by atoms with E-state index in [0.717, 1.165) is 23.5 Å². The van der Waals surface area contributed by atoms with E-state index in [4.69, 9.17) is 4.74 Å². The van der Waals surface area contributed by atoms with Crippen LogP contribution in [0.5, 0.6) is 0 Å². The molecule has 0 amide bonds. The average molecular weight is 338 g/mol. The van der Waals surface area contributed by atoms with E-state index < -0.39 is 12.1 Å². The van der Waals surface area contributed by atoms with Crippen LogP contribution in [-0.4, -0.2) is 12.5 Å². The first-order valence-electron chi connectivity index (χ1n) is 7.89. The Kier molecular flexibility index (Phi) is 4.77. The van der Waals surface area contributed by atoms with Crippen molar-refractivity contribution in [2.24, 2.45) is 0 Å². The van der Waals surface area contributed by atoms with Crippen LogP contribution in [0.25, 0.3) is 0 Å². The van der Waals surface area contributed by atoms with Gasteiger partial charge in [-0.25, -0.2) is 0 Å². The number of nitrogens with zero attached hydrogens (tertiary/aromatic N) is 2. The van der Waals surface area contributed by atoms with Gasteiger partial charge in [-0.1, -0.05) is 36.9 Å². The van der Waals surface area contributed by atoms with Crippen LogP contribution in [0.15, 0.2) is 52.3 Å². The third-order valence-corrected chi connectivity index (χ3v) is 4.91. The lowest BCUT2D eigenvalue weighted by Gasteiger charge is -2.33. The molecule has 3 rings (SSSR count). The standard InChI is InChI=1S/C19H18N2O2S/c1-3-10-21-15-6-4-5-7-18(15)24-19-11-14(8-9-16(19)21)17(12-20)23-13(2)22/h4-9,11,17H,3,10H2,1-2H3/t17-/m0/s1. The minimum atomic E-state index is -0.870. The maximum Gasteiger partial charge on any atom is 0.304 e. The van der Waals surface area contributed by atoms with Crippen LogP contribution < -0.4 is 4.90 Å². The van der Waals surface area contributed by atoms with Crippen molar-refractivity contribution in [2.45, 2.75) is 36.2 Å². The van der Waals surface area contributed by atoms with Crippen molar-refractivity contribution in [2.75, 3.05) is 11.4 Å². The normalized spacial score (nSPS) is 13.5. The van der Waals surface area contributed by atoms with Crippen molar-refractivity contribution in [3.05, 3.63) is 48.0 Å². The second-order valence-corrected chi connectivity index (χ2v) is 6.65. The van der Waals surface area contributed by atoms with Gasteiger partial charge in [0.2, 0.25) is 6.10 Å². The number of para-hydroxylation sites is 1. The second-order valence-electron chi connectivity index (χ2n) is 5.57. The van der Waals surface area contributed by atoms with Gasteiger partial charge >= 0.3 is 5.97 Å². The molecule has 0 bridgehead atoms. The molecule has 1 atom stereocenters. The summed E-state index contributed by atoms with van der Waals surface area (Å²) in [5.74, 6) is -0.454. The summed E-state index contributed by atoms with van der Waals surface area (Å²) in [7, 11) is 0. The lowest BCUT2D eigenvalue weighted by atomic mass is 10.1. The molecule has 5 heteroatoms. The Morgan fingerprint density at radius 1 is 1.25 bits per heavy atom. The maximum absolute atomic E-state index is 11.2. The Bertz CT molecular complexity index is 813. The van der Waals surface area contributed by atoms with Gasteiger partial charge < -0.3 is 9.64 Å². The molecule has 24 heavy (non-hydrogen) atoms. The summed E-state index contributed by atoms with van der Waals surface area (Å²) >= 11 is 1.68. The second kappa shape index (κ2) is 6.98. The predicted molar refractivity (Wildman–Crippen MR) is 94.4 cm³/mol. The number of carbonyl (C=O) groups excluding carboxylic acids is 1. The fraction of sp³-hybridized carbons (Fsp3) is 0.263. The van der Waals surface area contributed by atoms with E-state index in [2.05, 4.69) is 24.0 Å². The lowest BCUT2D eigenvalue weighted by Crippen LogP contribution is -2.21. The molecular weight excluding hydrogens is 320 g/mol. The minimum absolute atomic E-state index is 0.454. The predicted octanol–water partition coefficient (Wildman–Crippen LogP) is 4.83. The number of carbonyl (C=O) groups is 1. The molecule has 1 aliphatic heterocycles. The Morgan fingerprint density at radius 3 is 2.71 bits per heavy atom. The first-order valence-corrected chi connectivity index (χ1v) is 8.71. The average Bonchev–Trinajstić information content (AvgIpc) is 2.59. The van der Waals surface area contributed by atoms with Crippen molar-refractivity contribution in [1.82, 2.24) is 0 Å². The molecule has 0 fully saturated rings. The fourth-order valence-electron chi connectivity index (χ4n) is 2.81. The number of ether oxygens (including phenoxy) is 1. The van der Waals surface area contributed by atoms with Gasteiger partial charge in [-0.2, -0.15) is 5.26 Å². The number of hydrogen-bond acceptors (Lipinski definition) is 5. The van der Waals surface area contributed by atoms with Gasteiger partial charge in [0.25, 0.3) is 0 Å². The van der Waals surface area contributed by atoms with Crippen LogP contribution in [0.2, 0.25) is 0 Å². The molecule has 4 nitrogen and oxygen atoms in total. The molecule has 2 aromatic rings. The molecule has 0 spiro atoms. The Labute approximate surface area is 146 Å². The third-order valence-electron chi connectivity index (χ3n) is 3.80. The van der Waals surface area contributed by atoms with E-state index in [1.165, 1.54) is 17.5 Å². The first-order chi connectivity index (χ1) is 11.6. The van der Waals surface area contributed by atoms with Crippen molar-refractivity contribution in [3.8, 4) is 6.07 Å². The van der Waals surface area contributed by atoms with Gasteiger partial charge in [0.15, 0.2) is 0 Å². The van der Waals surface area contributed by atoms with Crippen LogP contribution >= 0.6 is 11.8 Å². The zero-order chi connectivity index (χ0) is 17.1. The highest BCUT2D eigenvalue weighted by atomic mass is 32.2. The van der Waals surface area contributed by atoms with Gasteiger partial charge in [-0.15, -0.1) is 0 Å². The van der Waals surface area contributed by atoms with E-state index in [1.54, 1.807) is 11.8 Å². The molecule has 0 aliphatic carbocycles. The maximum atomic E-state index is 11.2. The molecule has 0 N–H and O–H groups in total. The zero-order valence-electron chi connectivity index (χ0n) is 13.7. The first kappa shape index (κ1) is 16.4. The Balaban J connectivity index is 2.02. The van der Waals surface area contributed by atoms with Crippen LogP contribution in [0, 0.1) is 11.3 Å². The number of anilines is 2. The van der Waals surface area contributed by atoms with Gasteiger partial charge in [-0.05, 0) is 30.7 Å². The highest BCUT2D eigenvalue weighted by Gasteiger charge is 2.24. The number of rotatable bonds is 4. The zero-order valence-corrected chi connectivity index (χ0v) is 14.5. The van der Waals surface area contributed by atoms with Gasteiger partial charge in [0.1, 0.15) is 6.07 Å². The SMILES string of the molecule is CCCN1c2ccccc2Sc2cc([C@H](C#N)OC(C)=O)ccc21. The third kappa shape index (κ3) is 3.10. The van der Waals surface area contributed by atoms with Gasteiger partial charge in [0, 0.05) is 28.8 Å². The monoisotopic (exact) mass is 338 g/mol. The summed E-state index contributed by atoms with van der Waals surface area (Å²) in [6, 6.07) is 16.2. The van der Waals surface area contributed by atoms with Crippen LogP contribution in [0.1, 0.15) is 31.9 Å². The van der Waals surface area contributed by atoms with Crippen LogP contribution in [-0.2, 0) is 9.53 Å². The molecule has 0 aromatic heterocycles. The van der Waals surface area contributed by atoms with E-state index >= 15 is 0 Å². The molecule has 0 saturated heterocycles. The number of fused-ring (bicyclic) bond motifs is 2. The highest BCUT2D eigenvalue weighted by molar-refractivity contribution is 7.99. The van der Waals surface area contributed by atoms with Gasteiger partial charge in [0.05, 0.1) is 11.4 Å². The van der Waals surface area contributed by atoms with E-state index in [1.807, 2.05) is 36.4 Å². The number of esters is 1. The van der Waals surface area contributed by atoms with Gasteiger partial charge in [-0.3, -0.25) is 4.79 Å². The largest absolute Gasteiger partial charge is 0.442 e. The van der Waals surface area contributed by atoms with E-state index in [9.17, 15) is 10.1 Å². The van der Waals surface area contributed by atoms with Crippen LogP contribution in [0.4, 0.5) is 11.4 Å². The molecule has 0 radical (unpaired) electrons. The summed E-state index contributed by atoms with van der Waals surface area (Å²) in [6.45, 7) is 4.40. The molecule has 122 valence electrons. The van der Waals surface area contributed by atoms with Crippen molar-refractivity contribution < 1.29 is 9.53 Å². The number of hydrogen-bond donors (Lipinski definition) is 0. The van der Waals surface area contributed by atoms with Crippen molar-refractivity contribution in [1.29, 1.82) is 5.26 Å². The van der Waals surface area contributed by atoms with E-state index in [0.29, 0.717) is 5.56 Å². The molecule has 1 aliphatic rings. The summed E-state index contributed by atoms with van der Waals surface area (Å²) < 4.78 is 5.10. The lowest BCUT2D eigenvalue weighted by molar-refractivity contribution is -0.144. The topological polar surface area (TPSA) is 53.3 Å². The Hall–Kier alpha value is -2.45. The molecular formula is C19H18N2O2S. The highest BCUT2D eigenvalue weighted by Crippen LogP contribution is 2.48. The van der Waals surface area contributed by atoms with Crippen LogP contribution in [0.3, 0.4) is 0 Å². The number of nitriles is 1. The summed E-state index contributed by atoms with van der Waals surface area (Å²) in [4.78, 5) is 15.8. The summed E-state index contributed by atoms with van der Waals surface area (Å²) in [6.07, 6.45) is 0.166. The number of benzene rings is 2. The molecule has 2 aromatic carbocycles. The quantitative estimate of drug-likeness (QED) is 0.748. The molecule has 1 heterocycles.